The molecular weight excluding hydrogens is 263 g/mol. The summed E-state index contributed by atoms with van der Waals surface area (Å²) in [4.78, 5) is 2.46. The van der Waals surface area contributed by atoms with Crippen LogP contribution in [0.5, 0.6) is 0 Å². The molecule has 1 atom stereocenters. The third kappa shape index (κ3) is 3.08. The van der Waals surface area contributed by atoms with Crippen molar-refractivity contribution in [3.63, 3.8) is 0 Å². The molecule has 0 amide bonds. The number of hydrogen-bond acceptors (Lipinski definition) is 2. The predicted octanol–water partition coefficient (Wildman–Crippen LogP) is 3.40. The lowest BCUT2D eigenvalue weighted by Crippen LogP contribution is -2.39. The second kappa shape index (κ2) is 5.86. The van der Waals surface area contributed by atoms with Gasteiger partial charge in [0.15, 0.2) is 0 Å². The molecule has 1 heterocycles. The first-order chi connectivity index (χ1) is 10.1. The van der Waals surface area contributed by atoms with Gasteiger partial charge in [0.05, 0.1) is 0 Å². The Balaban J connectivity index is 1.70. The normalized spacial score (nSPS) is 16.5. The summed E-state index contributed by atoms with van der Waals surface area (Å²) in [5, 5.41) is 0. The Morgan fingerprint density at radius 2 is 1.95 bits per heavy atom. The Kier molecular flexibility index (Phi) is 3.93. The Morgan fingerprint density at radius 1 is 1.19 bits per heavy atom. The third-order valence-electron chi connectivity index (χ3n) is 4.41. The van der Waals surface area contributed by atoms with Gasteiger partial charge < -0.3 is 5.73 Å². The van der Waals surface area contributed by atoms with Gasteiger partial charge in [-0.15, -0.1) is 0 Å². The van der Waals surface area contributed by atoms with E-state index >= 15 is 0 Å². The Hall–Kier alpha value is -1.87. The van der Waals surface area contributed by atoms with E-state index in [-0.39, 0.29) is 5.82 Å². The van der Waals surface area contributed by atoms with E-state index in [0.29, 0.717) is 6.04 Å². The number of benzene rings is 2. The van der Waals surface area contributed by atoms with Crippen molar-refractivity contribution < 1.29 is 4.39 Å². The smallest absolute Gasteiger partial charge is 0.123 e. The largest absolute Gasteiger partial charge is 0.398 e. The van der Waals surface area contributed by atoms with Crippen LogP contribution in [0.25, 0.3) is 0 Å². The standard InChI is InChI=1S/C18H21FN2/c1-13(11-14-5-7-16(19)8-6-14)21-10-9-15-3-2-4-18(20)17(15)12-21/h2-8,13H,9-12,20H2,1H3. The molecule has 3 heteroatoms. The molecule has 2 nitrogen and oxygen atoms in total. The lowest BCUT2D eigenvalue weighted by atomic mass is 9.96. The molecule has 21 heavy (non-hydrogen) atoms. The summed E-state index contributed by atoms with van der Waals surface area (Å²) in [6, 6.07) is 13.4. The van der Waals surface area contributed by atoms with E-state index in [0.717, 1.165) is 31.6 Å². The maximum atomic E-state index is 13.0. The SMILES string of the molecule is CC(Cc1ccc(F)cc1)N1CCc2cccc(N)c2C1. The molecule has 1 aliphatic heterocycles. The van der Waals surface area contributed by atoms with Gasteiger partial charge in [-0.3, -0.25) is 4.90 Å². The van der Waals surface area contributed by atoms with Crippen molar-refractivity contribution in [1.29, 1.82) is 0 Å². The maximum Gasteiger partial charge on any atom is 0.123 e. The molecule has 3 rings (SSSR count). The fourth-order valence-electron chi connectivity index (χ4n) is 3.09. The van der Waals surface area contributed by atoms with Crippen LogP contribution >= 0.6 is 0 Å². The summed E-state index contributed by atoms with van der Waals surface area (Å²) in [6.45, 7) is 4.19. The molecule has 0 aromatic heterocycles. The molecule has 110 valence electrons. The molecule has 0 saturated heterocycles. The van der Waals surface area contributed by atoms with Crippen molar-refractivity contribution in [1.82, 2.24) is 4.90 Å². The number of anilines is 1. The molecule has 0 saturated carbocycles. The van der Waals surface area contributed by atoms with Gasteiger partial charge in [0.2, 0.25) is 0 Å². The quantitative estimate of drug-likeness (QED) is 0.875. The summed E-state index contributed by atoms with van der Waals surface area (Å²) in [5.74, 6) is -0.175. The molecule has 0 fully saturated rings. The average molecular weight is 284 g/mol. The van der Waals surface area contributed by atoms with E-state index in [1.807, 2.05) is 24.3 Å². The van der Waals surface area contributed by atoms with Gasteiger partial charge >= 0.3 is 0 Å². The number of nitrogen functional groups attached to an aromatic ring is 1. The van der Waals surface area contributed by atoms with E-state index in [1.165, 1.54) is 28.8 Å². The zero-order valence-corrected chi connectivity index (χ0v) is 12.3. The van der Waals surface area contributed by atoms with Crippen molar-refractivity contribution >= 4 is 5.69 Å². The first-order valence-electron chi connectivity index (χ1n) is 7.48. The van der Waals surface area contributed by atoms with Crippen LogP contribution in [-0.4, -0.2) is 17.5 Å². The maximum absolute atomic E-state index is 13.0. The highest BCUT2D eigenvalue weighted by Gasteiger charge is 2.22. The fraction of sp³-hybridized carbons (Fsp3) is 0.333. The molecule has 0 radical (unpaired) electrons. The van der Waals surface area contributed by atoms with E-state index in [2.05, 4.69) is 17.9 Å². The van der Waals surface area contributed by atoms with E-state index in [4.69, 9.17) is 5.73 Å². The summed E-state index contributed by atoms with van der Waals surface area (Å²) < 4.78 is 13.0. The highest BCUT2D eigenvalue weighted by molar-refractivity contribution is 5.51. The Labute approximate surface area is 125 Å². The van der Waals surface area contributed by atoms with Crippen LogP contribution < -0.4 is 5.73 Å². The van der Waals surface area contributed by atoms with Crippen LogP contribution in [0.4, 0.5) is 10.1 Å². The van der Waals surface area contributed by atoms with Crippen molar-refractivity contribution in [2.24, 2.45) is 0 Å². The molecule has 1 aliphatic rings. The minimum absolute atomic E-state index is 0.175. The minimum Gasteiger partial charge on any atom is -0.398 e. The van der Waals surface area contributed by atoms with Crippen molar-refractivity contribution in [3.05, 3.63) is 65.0 Å². The monoisotopic (exact) mass is 284 g/mol. The number of nitrogens with zero attached hydrogens (tertiary/aromatic N) is 1. The zero-order valence-electron chi connectivity index (χ0n) is 12.3. The van der Waals surface area contributed by atoms with E-state index in [9.17, 15) is 4.39 Å². The van der Waals surface area contributed by atoms with Crippen LogP contribution in [-0.2, 0) is 19.4 Å². The lowest BCUT2D eigenvalue weighted by molar-refractivity contribution is 0.190. The molecule has 2 aromatic rings. The second-order valence-electron chi connectivity index (χ2n) is 5.89. The molecule has 2 N–H and O–H groups in total. The van der Waals surface area contributed by atoms with E-state index < -0.39 is 0 Å². The molecular formula is C18H21FN2. The predicted molar refractivity (Wildman–Crippen MR) is 84.5 cm³/mol. The summed E-state index contributed by atoms with van der Waals surface area (Å²) in [6.07, 6.45) is 1.98. The number of fused-ring (bicyclic) bond motifs is 1. The topological polar surface area (TPSA) is 29.3 Å². The number of nitrogens with two attached hydrogens (primary N) is 1. The van der Waals surface area contributed by atoms with Gasteiger partial charge in [0, 0.05) is 24.8 Å². The van der Waals surface area contributed by atoms with Gasteiger partial charge in [-0.1, -0.05) is 24.3 Å². The Morgan fingerprint density at radius 3 is 2.71 bits per heavy atom. The average Bonchev–Trinajstić information content (AvgIpc) is 2.50. The molecule has 1 unspecified atom stereocenters. The number of halogens is 1. The van der Waals surface area contributed by atoms with Crippen molar-refractivity contribution in [2.75, 3.05) is 12.3 Å². The van der Waals surface area contributed by atoms with Crippen molar-refractivity contribution in [3.8, 4) is 0 Å². The third-order valence-corrected chi connectivity index (χ3v) is 4.41. The van der Waals surface area contributed by atoms with Gasteiger partial charge in [0.25, 0.3) is 0 Å². The summed E-state index contributed by atoms with van der Waals surface area (Å²) in [7, 11) is 0. The van der Waals surface area contributed by atoms with E-state index in [1.54, 1.807) is 0 Å². The van der Waals surface area contributed by atoms with Gasteiger partial charge in [-0.25, -0.2) is 4.39 Å². The number of hydrogen-bond donors (Lipinski definition) is 1. The Bertz CT molecular complexity index is 622. The fourth-order valence-corrected chi connectivity index (χ4v) is 3.09. The highest BCUT2D eigenvalue weighted by Crippen LogP contribution is 2.26. The molecule has 0 aliphatic carbocycles. The molecule has 0 bridgehead atoms. The molecule has 2 aromatic carbocycles. The van der Waals surface area contributed by atoms with Gasteiger partial charge in [-0.2, -0.15) is 0 Å². The van der Waals surface area contributed by atoms with Crippen LogP contribution in [0.15, 0.2) is 42.5 Å². The second-order valence-corrected chi connectivity index (χ2v) is 5.89. The van der Waals surface area contributed by atoms with Gasteiger partial charge in [-0.05, 0) is 54.7 Å². The van der Waals surface area contributed by atoms with Gasteiger partial charge in [0.1, 0.15) is 5.82 Å². The zero-order chi connectivity index (χ0) is 14.8. The summed E-state index contributed by atoms with van der Waals surface area (Å²) in [5.41, 5.74) is 10.8. The first kappa shape index (κ1) is 14.1. The van der Waals surface area contributed by atoms with Crippen LogP contribution in [0.3, 0.4) is 0 Å². The van der Waals surface area contributed by atoms with Crippen LogP contribution in [0.2, 0.25) is 0 Å². The highest BCUT2D eigenvalue weighted by atomic mass is 19.1. The minimum atomic E-state index is -0.175. The first-order valence-corrected chi connectivity index (χ1v) is 7.48. The number of rotatable bonds is 3. The molecule has 0 spiro atoms. The summed E-state index contributed by atoms with van der Waals surface area (Å²) >= 11 is 0. The van der Waals surface area contributed by atoms with Crippen LogP contribution in [0, 0.1) is 5.82 Å². The lowest BCUT2D eigenvalue weighted by Gasteiger charge is -2.34. The van der Waals surface area contributed by atoms with Crippen molar-refractivity contribution in [2.45, 2.75) is 32.4 Å². The van der Waals surface area contributed by atoms with Crippen LogP contribution in [0.1, 0.15) is 23.6 Å².